The highest BCUT2D eigenvalue weighted by atomic mass is 16.5. The number of carbonyl (C=O) groups excluding carboxylic acids is 3. The third-order valence-corrected chi connectivity index (χ3v) is 3.91. The van der Waals surface area contributed by atoms with Gasteiger partial charge in [-0.2, -0.15) is 0 Å². The first-order valence-corrected chi connectivity index (χ1v) is 8.01. The third kappa shape index (κ3) is 4.08. The van der Waals surface area contributed by atoms with Crippen LogP contribution in [-0.4, -0.2) is 29.9 Å². The summed E-state index contributed by atoms with van der Waals surface area (Å²) in [5.41, 5.74) is 1.06. The Hall–Kier alpha value is -3.15. The average molecular weight is 355 g/mol. The summed E-state index contributed by atoms with van der Waals surface area (Å²) in [7, 11) is 1.18. The van der Waals surface area contributed by atoms with Crippen LogP contribution in [0.3, 0.4) is 0 Å². The lowest BCUT2D eigenvalue weighted by molar-refractivity contribution is -0.112. The monoisotopic (exact) mass is 355 g/mol. The highest BCUT2D eigenvalue weighted by Crippen LogP contribution is 2.28. The maximum absolute atomic E-state index is 12.3. The SMILES string of the molecule is COC(=O)c1cccc(NC(=O)C(=O)c2ccc(C(C)(C)C)cc2)c1O. The normalized spacial score (nSPS) is 10.9. The lowest BCUT2D eigenvalue weighted by atomic mass is 9.86. The minimum atomic E-state index is -0.911. The number of ether oxygens (including phenoxy) is 1. The second-order valence-corrected chi connectivity index (χ2v) is 6.80. The lowest BCUT2D eigenvalue weighted by Gasteiger charge is -2.18. The van der Waals surface area contributed by atoms with E-state index in [2.05, 4.69) is 10.1 Å². The molecule has 2 aromatic carbocycles. The quantitative estimate of drug-likeness (QED) is 0.380. The standard InChI is InChI=1S/C20H21NO5/c1-20(2,3)13-10-8-12(9-11-13)16(22)18(24)21-15-7-5-6-14(17(15)23)19(25)26-4/h5-11,23H,1-4H3,(H,21,24). The Morgan fingerprint density at radius 1 is 1.00 bits per heavy atom. The van der Waals surface area contributed by atoms with Crippen molar-refractivity contribution in [3.05, 3.63) is 59.2 Å². The van der Waals surface area contributed by atoms with E-state index in [-0.39, 0.29) is 22.2 Å². The zero-order valence-electron chi connectivity index (χ0n) is 15.1. The van der Waals surface area contributed by atoms with E-state index in [0.29, 0.717) is 0 Å². The second kappa shape index (κ2) is 7.39. The molecule has 136 valence electrons. The van der Waals surface area contributed by atoms with Gasteiger partial charge in [0.2, 0.25) is 0 Å². The molecule has 0 radical (unpaired) electrons. The Morgan fingerprint density at radius 2 is 1.62 bits per heavy atom. The zero-order chi connectivity index (χ0) is 19.5. The van der Waals surface area contributed by atoms with E-state index in [1.54, 1.807) is 24.3 Å². The van der Waals surface area contributed by atoms with Gasteiger partial charge in [-0.25, -0.2) is 4.79 Å². The fraction of sp³-hybridized carbons (Fsp3) is 0.250. The molecule has 0 saturated carbocycles. The average Bonchev–Trinajstić information content (AvgIpc) is 2.61. The molecule has 0 bridgehead atoms. The van der Waals surface area contributed by atoms with Crippen molar-refractivity contribution in [1.82, 2.24) is 0 Å². The van der Waals surface area contributed by atoms with Gasteiger partial charge in [0, 0.05) is 5.56 Å². The number of carbonyl (C=O) groups is 3. The molecular weight excluding hydrogens is 334 g/mol. The maximum Gasteiger partial charge on any atom is 0.341 e. The Kier molecular flexibility index (Phi) is 5.45. The molecule has 0 aliphatic rings. The summed E-state index contributed by atoms with van der Waals surface area (Å²) in [6, 6.07) is 11.0. The number of benzene rings is 2. The minimum Gasteiger partial charge on any atom is -0.505 e. The molecule has 1 amide bonds. The van der Waals surface area contributed by atoms with Gasteiger partial charge in [0.05, 0.1) is 12.8 Å². The van der Waals surface area contributed by atoms with Gasteiger partial charge in [-0.3, -0.25) is 9.59 Å². The van der Waals surface area contributed by atoms with Crippen LogP contribution >= 0.6 is 0 Å². The van der Waals surface area contributed by atoms with Gasteiger partial charge in [-0.05, 0) is 23.1 Å². The summed E-state index contributed by atoms with van der Waals surface area (Å²) < 4.78 is 4.55. The van der Waals surface area contributed by atoms with Crippen LogP contribution in [0.5, 0.6) is 5.75 Å². The molecule has 0 fully saturated rings. The molecule has 0 unspecified atom stereocenters. The van der Waals surface area contributed by atoms with Crippen LogP contribution in [0.15, 0.2) is 42.5 Å². The Labute approximate surface area is 151 Å². The molecule has 0 atom stereocenters. The molecule has 6 heteroatoms. The van der Waals surface area contributed by atoms with Crippen LogP contribution in [0.2, 0.25) is 0 Å². The summed E-state index contributed by atoms with van der Waals surface area (Å²) in [6.07, 6.45) is 0. The second-order valence-electron chi connectivity index (χ2n) is 6.80. The van der Waals surface area contributed by atoms with Crippen molar-refractivity contribution in [1.29, 1.82) is 0 Å². The van der Waals surface area contributed by atoms with E-state index >= 15 is 0 Å². The molecule has 6 nitrogen and oxygen atoms in total. The Balaban J connectivity index is 2.20. The van der Waals surface area contributed by atoms with Crippen LogP contribution in [0, 0.1) is 0 Å². The van der Waals surface area contributed by atoms with Gasteiger partial charge < -0.3 is 15.2 Å². The number of phenolic OH excluding ortho intramolecular Hbond substituents is 1. The first-order valence-electron chi connectivity index (χ1n) is 8.01. The number of para-hydroxylation sites is 1. The van der Waals surface area contributed by atoms with Crippen LogP contribution in [-0.2, 0) is 14.9 Å². The van der Waals surface area contributed by atoms with Gasteiger partial charge in [0.15, 0.2) is 5.75 Å². The van der Waals surface area contributed by atoms with Crippen LogP contribution in [0.4, 0.5) is 5.69 Å². The first-order chi connectivity index (χ1) is 12.1. The van der Waals surface area contributed by atoms with E-state index in [1.165, 1.54) is 25.3 Å². The molecule has 26 heavy (non-hydrogen) atoms. The number of nitrogens with one attached hydrogen (secondary N) is 1. The van der Waals surface area contributed by atoms with Gasteiger partial charge in [-0.15, -0.1) is 0 Å². The van der Waals surface area contributed by atoms with E-state index in [1.807, 2.05) is 20.8 Å². The number of hydrogen-bond acceptors (Lipinski definition) is 5. The first kappa shape index (κ1) is 19.2. The molecule has 2 aromatic rings. The fourth-order valence-electron chi connectivity index (χ4n) is 2.35. The summed E-state index contributed by atoms with van der Waals surface area (Å²) in [6.45, 7) is 6.15. The molecule has 0 spiro atoms. The molecule has 0 heterocycles. The number of esters is 1. The number of ketones is 1. The predicted molar refractivity (Wildman–Crippen MR) is 97.5 cm³/mol. The van der Waals surface area contributed by atoms with Crippen molar-refractivity contribution < 1.29 is 24.2 Å². The minimum absolute atomic E-state index is 0.0439. The van der Waals surface area contributed by atoms with Crippen LogP contribution in [0.1, 0.15) is 47.1 Å². The van der Waals surface area contributed by atoms with Crippen LogP contribution in [0.25, 0.3) is 0 Å². The summed E-state index contributed by atoms with van der Waals surface area (Å²) >= 11 is 0. The Morgan fingerprint density at radius 3 is 2.15 bits per heavy atom. The van der Waals surface area contributed by atoms with Gasteiger partial charge in [-0.1, -0.05) is 51.1 Å². The highest BCUT2D eigenvalue weighted by molar-refractivity contribution is 6.46. The molecule has 0 aromatic heterocycles. The number of aromatic hydroxyl groups is 1. The smallest absolute Gasteiger partial charge is 0.341 e. The largest absolute Gasteiger partial charge is 0.505 e. The number of Topliss-reactive ketones (excluding diaryl/α,β-unsaturated/α-hetero) is 1. The topological polar surface area (TPSA) is 92.7 Å². The summed E-state index contributed by atoms with van der Waals surface area (Å²) in [5, 5.41) is 12.4. The van der Waals surface area contributed by atoms with E-state index in [9.17, 15) is 19.5 Å². The summed E-state index contributed by atoms with van der Waals surface area (Å²) in [4.78, 5) is 36.1. The number of phenols is 1. The lowest BCUT2D eigenvalue weighted by Crippen LogP contribution is -2.23. The summed E-state index contributed by atoms with van der Waals surface area (Å²) in [5.74, 6) is -2.86. The van der Waals surface area contributed by atoms with Crippen molar-refractivity contribution in [2.24, 2.45) is 0 Å². The molecule has 2 N–H and O–H groups in total. The molecule has 0 aliphatic heterocycles. The third-order valence-electron chi connectivity index (χ3n) is 3.91. The number of rotatable bonds is 4. The van der Waals surface area contributed by atoms with Gasteiger partial charge >= 0.3 is 5.97 Å². The predicted octanol–water partition coefficient (Wildman–Crippen LogP) is 3.30. The number of amides is 1. The van der Waals surface area contributed by atoms with Crippen LogP contribution < -0.4 is 5.32 Å². The zero-order valence-corrected chi connectivity index (χ0v) is 15.1. The van der Waals surface area contributed by atoms with E-state index < -0.39 is 23.4 Å². The molecular formula is C20H21NO5. The van der Waals surface area contributed by atoms with Crippen molar-refractivity contribution in [3.63, 3.8) is 0 Å². The van der Waals surface area contributed by atoms with Crippen molar-refractivity contribution in [3.8, 4) is 5.75 Å². The van der Waals surface area contributed by atoms with Crippen molar-refractivity contribution >= 4 is 23.3 Å². The van der Waals surface area contributed by atoms with Crippen molar-refractivity contribution in [2.75, 3.05) is 12.4 Å². The van der Waals surface area contributed by atoms with E-state index in [0.717, 1.165) is 5.56 Å². The molecule has 0 saturated heterocycles. The van der Waals surface area contributed by atoms with Gasteiger partial charge in [0.25, 0.3) is 11.7 Å². The van der Waals surface area contributed by atoms with E-state index in [4.69, 9.17) is 0 Å². The Bertz CT molecular complexity index is 847. The molecule has 0 aliphatic carbocycles. The number of methoxy groups -OCH3 is 1. The van der Waals surface area contributed by atoms with Crippen molar-refractivity contribution in [2.45, 2.75) is 26.2 Å². The van der Waals surface area contributed by atoms with Gasteiger partial charge in [0.1, 0.15) is 5.56 Å². The number of hydrogen-bond donors (Lipinski definition) is 2. The fourth-order valence-corrected chi connectivity index (χ4v) is 2.35. The highest BCUT2D eigenvalue weighted by Gasteiger charge is 2.21. The maximum atomic E-state index is 12.3. The molecule has 2 rings (SSSR count). The number of anilines is 1.